The smallest absolute Gasteiger partial charge is 0.396 e. The molecule has 1 N–H and O–H groups in total. The minimum Gasteiger partial charge on any atom is -0.396 e. The van der Waals surface area contributed by atoms with Gasteiger partial charge in [0.2, 0.25) is 0 Å². The van der Waals surface area contributed by atoms with Gasteiger partial charge in [-0.15, -0.1) is 0 Å². The topological polar surface area (TPSA) is 38.7 Å². The van der Waals surface area contributed by atoms with Gasteiger partial charge in [0, 0.05) is 13.0 Å². The van der Waals surface area contributed by atoms with Gasteiger partial charge in [0.25, 0.3) is 0 Å². The maximum Gasteiger partial charge on any atom is 0.483 e. The van der Waals surface area contributed by atoms with Crippen molar-refractivity contribution in [1.29, 1.82) is 0 Å². The maximum absolute atomic E-state index is 13.5. The van der Waals surface area contributed by atoms with Gasteiger partial charge in [-0.25, -0.2) is 4.39 Å². The van der Waals surface area contributed by atoms with E-state index in [1.54, 1.807) is 0 Å². The Kier molecular flexibility index (Phi) is 6.71. The highest BCUT2D eigenvalue weighted by atomic mass is 19.4. The molecule has 0 saturated heterocycles. The van der Waals surface area contributed by atoms with Crippen LogP contribution in [0.4, 0.5) is 65.9 Å². The summed E-state index contributed by atoms with van der Waals surface area (Å²) in [4.78, 5) is 0. The van der Waals surface area contributed by atoms with Gasteiger partial charge in [-0.2, -0.15) is 61.5 Å². The summed E-state index contributed by atoms with van der Waals surface area (Å²) in [5.41, 5.74) is 0. The third kappa shape index (κ3) is 5.01. The Balaban J connectivity index is 6.29. The largest absolute Gasteiger partial charge is 0.483 e. The fourth-order valence-electron chi connectivity index (χ4n) is 1.18. The zero-order valence-electron chi connectivity index (χ0n) is 11.8. The number of hydrogen-bond donors (Lipinski definition) is 1. The Morgan fingerprint density at radius 2 is 0.926 bits per heavy atom. The van der Waals surface area contributed by atoms with Crippen LogP contribution in [0.15, 0.2) is 0 Å². The lowest BCUT2D eigenvalue weighted by Crippen LogP contribution is -2.65. The second kappa shape index (κ2) is 7.02. The highest BCUT2D eigenvalue weighted by Crippen LogP contribution is 2.54. The highest BCUT2D eigenvalue weighted by Gasteiger charge is 2.82. The number of halogens is 15. The fraction of sp³-hybridized carbons (Fsp3) is 1.00. The molecule has 27 heavy (non-hydrogen) atoms. The molecule has 0 saturated carbocycles. The van der Waals surface area contributed by atoms with Crippen LogP contribution in [-0.2, 0) is 9.47 Å². The number of hydrogen-bond acceptors (Lipinski definition) is 3. The van der Waals surface area contributed by atoms with Crippen LogP contribution < -0.4 is 0 Å². The normalized spacial score (nSPS) is 19.6. The Morgan fingerprint density at radius 3 is 1.19 bits per heavy atom. The minimum absolute atomic E-state index is 1.43. The van der Waals surface area contributed by atoms with E-state index in [-0.39, 0.29) is 0 Å². The number of ether oxygens (including phenoxy) is 2. The van der Waals surface area contributed by atoms with E-state index in [9.17, 15) is 65.9 Å². The van der Waals surface area contributed by atoms with Gasteiger partial charge >= 0.3 is 42.5 Å². The van der Waals surface area contributed by atoms with E-state index >= 15 is 0 Å². The first-order valence-corrected chi connectivity index (χ1v) is 5.82. The van der Waals surface area contributed by atoms with Crippen LogP contribution in [0.5, 0.6) is 0 Å². The van der Waals surface area contributed by atoms with Gasteiger partial charge < -0.3 is 5.11 Å². The first-order valence-electron chi connectivity index (χ1n) is 5.82. The molecule has 164 valence electrons. The summed E-state index contributed by atoms with van der Waals surface area (Å²) in [6.07, 6.45) is -38.9. The Morgan fingerprint density at radius 1 is 0.519 bits per heavy atom. The second-order valence-corrected chi connectivity index (χ2v) is 4.53. The van der Waals surface area contributed by atoms with Gasteiger partial charge in [0.05, 0.1) is 0 Å². The fourth-order valence-corrected chi connectivity index (χ4v) is 1.18. The van der Waals surface area contributed by atoms with Crippen molar-refractivity contribution in [3.63, 3.8) is 0 Å². The monoisotopic (exact) mass is 446 g/mol. The number of aliphatic hydroxyl groups excluding tert-OH is 1. The van der Waals surface area contributed by atoms with E-state index in [0.29, 0.717) is 0 Å². The summed E-state index contributed by atoms with van der Waals surface area (Å²) in [5.74, 6) is -13.6. The molecule has 0 aromatic rings. The van der Waals surface area contributed by atoms with Crippen molar-refractivity contribution in [3.8, 4) is 0 Å². The second-order valence-electron chi connectivity index (χ2n) is 4.53. The summed E-state index contributed by atoms with van der Waals surface area (Å²) >= 11 is 0. The number of alkyl halides is 15. The van der Waals surface area contributed by atoms with Crippen molar-refractivity contribution < 1.29 is 80.4 Å². The van der Waals surface area contributed by atoms with Crippen LogP contribution in [0, 0.1) is 0 Å². The molecule has 0 aliphatic rings. The van der Waals surface area contributed by atoms with Crippen LogP contribution >= 0.6 is 0 Å². The third-order valence-electron chi connectivity index (χ3n) is 2.48. The molecule has 0 fully saturated rings. The van der Waals surface area contributed by atoms with Crippen LogP contribution in [0.3, 0.4) is 0 Å². The van der Waals surface area contributed by atoms with E-state index in [1.165, 1.54) is 4.74 Å². The highest BCUT2D eigenvalue weighted by molar-refractivity contribution is 4.92. The molecule has 0 spiro atoms. The van der Waals surface area contributed by atoms with Crippen molar-refractivity contribution >= 4 is 0 Å². The minimum atomic E-state index is -7.60. The summed E-state index contributed by atoms with van der Waals surface area (Å²) in [6, 6.07) is 0. The summed E-state index contributed by atoms with van der Waals surface area (Å²) in [7, 11) is 0. The average Bonchev–Trinajstić information content (AvgIpc) is 2.33. The standard InChI is InChI=1S/C9H5F15O3/c10-3(1-2-25,5(12,13)14)26-8(21,22)4(11,6(15,16)17)27-9(23,24)7(18,19)20/h25H,1-2H2. The van der Waals surface area contributed by atoms with Crippen molar-refractivity contribution in [2.45, 2.75) is 48.9 Å². The first-order chi connectivity index (χ1) is 11.5. The summed E-state index contributed by atoms with van der Waals surface area (Å²) in [6.45, 7) is -2.06. The Bertz CT molecular complexity index is 508. The number of aliphatic hydroxyl groups is 1. The molecule has 0 radical (unpaired) electrons. The van der Waals surface area contributed by atoms with Crippen LogP contribution in [0.25, 0.3) is 0 Å². The molecule has 2 unspecified atom stereocenters. The van der Waals surface area contributed by atoms with Crippen molar-refractivity contribution in [2.75, 3.05) is 6.61 Å². The zero-order chi connectivity index (χ0) is 22.3. The van der Waals surface area contributed by atoms with Gasteiger partial charge in [0.1, 0.15) is 0 Å². The van der Waals surface area contributed by atoms with E-state index in [1.807, 2.05) is 4.74 Å². The zero-order valence-corrected chi connectivity index (χ0v) is 11.8. The molecule has 2 atom stereocenters. The number of rotatable bonds is 7. The lowest BCUT2D eigenvalue weighted by atomic mass is 10.2. The van der Waals surface area contributed by atoms with Crippen LogP contribution in [0.2, 0.25) is 0 Å². The van der Waals surface area contributed by atoms with Crippen molar-refractivity contribution in [1.82, 2.24) is 0 Å². The molecule has 0 aliphatic heterocycles. The summed E-state index contributed by atoms with van der Waals surface area (Å²) in [5, 5.41) is 8.14. The Hall–Kier alpha value is -1.17. The Labute approximate surface area is 137 Å². The van der Waals surface area contributed by atoms with E-state index in [0.717, 1.165) is 0 Å². The molecule has 0 aromatic carbocycles. The van der Waals surface area contributed by atoms with Gasteiger partial charge in [-0.1, -0.05) is 0 Å². The van der Waals surface area contributed by atoms with Gasteiger partial charge in [0.15, 0.2) is 0 Å². The van der Waals surface area contributed by atoms with Gasteiger partial charge in [-0.05, 0) is 0 Å². The van der Waals surface area contributed by atoms with Crippen LogP contribution in [0.1, 0.15) is 6.42 Å². The SMILES string of the molecule is OCCC(F)(OC(F)(F)C(F)(OC(F)(F)C(F)(F)F)C(F)(F)F)C(F)(F)F. The molecular weight excluding hydrogens is 441 g/mol. The first kappa shape index (κ1) is 25.8. The molecule has 0 bridgehead atoms. The van der Waals surface area contributed by atoms with E-state index < -0.39 is 55.5 Å². The molecular formula is C9H5F15O3. The molecule has 0 amide bonds. The quantitative estimate of drug-likeness (QED) is 0.581. The molecule has 0 heterocycles. The van der Waals surface area contributed by atoms with E-state index in [2.05, 4.69) is 0 Å². The predicted molar refractivity (Wildman–Crippen MR) is 49.6 cm³/mol. The summed E-state index contributed by atoms with van der Waals surface area (Å²) < 4.78 is 191. The third-order valence-corrected chi connectivity index (χ3v) is 2.48. The van der Waals surface area contributed by atoms with Gasteiger partial charge in [-0.3, -0.25) is 9.47 Å². The lowest BCUT2D eigenvalue weighted by Gasteiger charge is -2.39. The average molecular weight is 446 g/mol. The molecule has 0 aromatic heterocycles. The van der Waals surface area contributed by atoms with Crippen LogP contribution in [-0.4, -0.2) is 54.2 Å². The molecule has 18 heteroatoms. The molecule has 3 nitrogen and oxygen atoms in total. The molecule has 0 aliphatic carbocycles. The predicted octanol–water partition coefficient (Wildman–Crippen LogP) is 4.61. The van der Waals surface area contributed by atoms with Crippen molar-refractivity contribution in [2.24, 2.45) is 0 Å². The van der Waals surface area contributed by atoms with E-state index in [4.69, 9.17) is 5.11 Å². The lowest BCUT2D eigenvalue weighted by molar-refractivity contribution is -0.549. The van der Waals surface area contributed by atoms with Crippen molar-refractivity contribution in [3.05, 3.63) is 0 Å². The maximum atomic E-state index is 13.5. The molecule has 0 rings (SSSR count).